The fraction of sp³-hybridized carbons (Fsp3) is 0.118. The molecule has 0 N–H and O–H groups in total. The quantitative estimate of drug-likeness (QED) is 0.462. The molecule has 3 aromatic rings. The second-order valence-electron chi connectivity index (χ2n) is 5.05. The molecule has 0 radical (unpaired) electrons. The van der Waals surface area contributed by atoms with Crippen LogP contribution in [0, 0.1) is 10.5 Å². The predicted octanol–water partition coefficient (Wildman–Crippen LogP) is 3.77. The molecule has 1 aromatic carbocycles. The Morgan fingerprint density at radius 2 is 1.87 bits per heavy atom. The van der Waals surface area contributed by atoms with Gasteiger partial charge in [-0.3, -0.25) is 9.59 Å². The maximum atomic E-state index is 12.3. The van der Waals surface area contributed by atoms with Crippen LogP contribution >= 0.6 is 33.9 Å². The molecule has 0 saturated carbocycles. The first-order valence-electron chi connectivity index (χ1n) is 6.97. The number of rotatable bonds is 4. The number of carbonyl (C=O) groups excluding carboxylic acids is 1. The van der Waals surface area contributed by atoms with Gasteiger partial charge >= 0.3 is 0 Å². The van der Waals surface area contributed by atoms with Gasteiger partial charge in [0, 0.05) is 20.1 Å². The number of aromatic nitrogens is 2. The lowest BCUT2D eigenvalue weighted by atomic mass is 10.1. The van der Waals surface area contributed by atoms with Gasteiger partial charge in [0.15, 0.2) is 5.78 Å². The molecule has 0 spiro atoms. The second-order valence-corrected chi connectivity index (χ2v) is 7.59. The van der Waals surface area contributed by atoms with Crippen molar-refractivity contribution in [2.24, 2.45) is 0 Å². The summed E-state index contributed by atoms with van der Waals surface area (Å²) in [5.41, 5.74) is 1.01. The van der Waals surface area contributed by atoms with Crippen molar-refractivity contribution >= 4 is 39.7 Å². The van der Waals surface area contributed by atoms with Gasteiger partial charge in [-0.1, -0.05) is 12.1 Å². The van der Waals surface area contributed by atoms with Gasteiger partial charge in [0.05, 0.1) is 4.88 Å². The first-order chi connectivity index (χ1) is 11.0. The third-order valence-corrected chi connectivity index (χ3v) is 5.06. The highest BCUT2D eigenvalue weighted by molar-refractivity contribution is 14.1. The number of hydrogen-bond acceptors (Lipinski definition) is 4. The number of benzene rings is 1. The van der Waals surface area contributed by atoms with Crippen molar-refractivity contribution in [1.82, 2.24) is 9.78 Å². The lowest BCUT2D eigenvalue weighted by Gasteiger charge is -2.06. The van der Waals surface area contributed by atoms with Crippen molar-refractivity contribution < 1.29 is 4.79 Å². The van der Waals surface area contributed by atoms with E-state index in [0.29, 0.717) is 11.3 Å². The van der Waals surface area contributed by atoms with Crippen LogP contribution in [0.15, 0.2) is 53.3 Å². The highest BCUT2D eigenvalue weighted by Crippen LogP contribution is 2.25. The van der Waals surface area contributed by atoms with E-state index in [-0.39, 0.29) is 17.9 Å². The van der Waals surface area contributed by atoms with E-state index in [1.165, 1.54) is 15.6 Å². The number of nitrogens with zero attached hydrogens (tertiary/aromatic N) is 2. The molecule has 3 rings (SSSR count). The van der Waals surface area contributed by atoms with E-state index in [9.17, 15) is 9.59 Å². The van der Waals surface area contributed by atoms with Crippen molar-refractivity contribution in [3.05, 3.63) is 72.9 Å². The van der Waals surface area contributed by atoms with Gasteiger partial charge in [0.1, 0.15) is 12.2 Å². The summed E-state index contributed by atoms with van der Waals surface area (Å²) < 4.78 is 2.29. The minimum absolute atomic E-state index is 0.0579. The third-order valence-electron chi connectivity index (χ3n) is 3.32. The van der Waals surface area contributed by atoms with Crippen LogP contribution in [0.25, 0.3) is 10.6 Å². The predicted molar refractivity (Wildman–Crippen MR) is 100 cm³/mol. The van der Waals surface area contributed by atoms with Crippen molar-refractivity contribution in [3.8, 4) is 10.6 Å². The van der Waals surface area contributed by atoms with Gasteiger partial charge in [-0.2, -0.15) is 5.10 Å². The molecule has 0 unspecified atom stereocenters. The summed E-state index contributed by atoms with van der Waals surface area (Å²) in [4.78, 5) is 26.5. The highest BCUT2D eigenvalue weighted by atomic mass is 127. The molecule has 0 bridgehead atoms. The van der Waals surface area contributed by atoms with Crippen molar-refractivity contribution in [3.63, 3.8) is 0 Å². The largest absolute Gasteiger partial charge is 0.292 e. The summed E-state index contributed by atoms with van der Waals surface area (Å²) >= 11 is 3.79. The second kappa shape index (κ2) is 6.76. The van der Waals surface area contributed by atoms with E-state index in [2.05, 4.69) is 27.7 Å². The fourth-order valence-corrected chi connectivity index (χ4v) is 3.32. The van der Waals surface area contributed by atoms with Crippen LogP contribution in [0.5, 0.6) is 0 Å². The van der Waals surface area contributed by atoms with Crippen LogP contribution in [0.3, 0.4) is 0 Å². The van der Waals surface area contributed by atoms with Crippen LogP contribution in [0.1, 0.15) is 15.2 Å². The number of Topliss-reactive ketones (excluding diaryl/α,β-unsaturated/α-hetero) is 1. The summed E-state index contributed by atoms with van der Waals surface area (Å²) in [6, 6.07) is 14.4. The Morgan fingerprint density at radius 3 is 2.52 bits per heavy atom. The van der Waals surface area contributed by atoms with Gasteiger partial charge in [0.25, 0.3) is 5.56 Å². The monoisotopic (exact) mass is 436 g/mol. The Balaban J connectivity index is 1.89. The van der Waals surface area contributed by atoms with Crippen LogP contribution in [0.2, 0.25) is 0 Å². The number of carbonyl (C=O) groups is 1. The number of ketones is 1. The van der Waals surface area contributed by atoms with E-state index in [4.69, 9.17) is 0 Å². The molecular formula is C17H13IN2O2S. The van der Waals surface area contributed by atoms with Gasteiger partial charge in [-0.05, 0) is 59.8 Å². The lowest BCUT2D eigenvalue weighted by Crippen LogP contribution is -2.26. The summed E-state index contributed by atoms with van der Waals surface area (Å²) in [6.45, 7) is 1.96. The van der Waals surface area contributed by atoms with Crippen LogP contribution in [0.4, 0.5) is 0 Å². The molecule has 23 heavy (non-hydrogen) atoms. The molecule has 4 nitrogen and oxygen atoms in total. The smallest absolute Gasteiger partial charge is 0.267 e. The average molecular weight is 436 g/mol. The first-order valence-corrected chi connectivity index (χ1v) is 8.86. The summed E-state index contributed by atoms with van der Waals surface area (Å²) in [5.74, 6) is -0.129. The molecule has 0 aliphatic heterocycles. The molecule has 0 atom stereocenters. The Morgan fingerprint density at radius 1 is 1.13 bits per heavy atom. The van der Waals surface area contributed by atoms with Crippen LogP contribution in [-0.2, 0) is 6.54 Å². The summed E-state index contributed by atoms with van der Waals surface area (Å²) in [6.07, 6.45) is 0. The number of thiophene rings is 1. The number of aryl methyl sites for hydroxylation is 1. The van der Waals surface area contributed by atoms with E-state index >= 15 is 0 Å². The zero-order valence-electron chi connectivity index (χ0n) is 12.3. The van der Waals surface area contributed by atoms with Crippen LogP contribution < -0.4 is 5.56 Å². The van der Waals surface area contributed by atoms with Gasteiger partial charge in [-0.25, -0.2) is 4.68 Å². The SMILES string of the molecule is Cc1ccc(-c2ccc(=O)n(CC(=O)c3ccc(I)cc3)n2)s1. The van der Waals surface area contributed by atoms with Gasteiger partial charge < -0.3 is 0 Å². The molecule has 0 fully saturated rings. The van der Waals surface area contributed by atoms with E-state index in [0.717, 1.165) is 8.45 Å². The zero-order valence-corrected chi connectivity index (χ0v) is 15.3. The molecule has 2 aromatic heterocycles. The molecule has 0 aliphatic carbocycles. The Hall–Kier alpha value is -1.80. The topological polar surface area (TPSA) is 52.0 Å². The van der Waals surface area contributed by atoms with E-state index in [1.807, 2.05) is 31.2 Å². The summed E-state index contributed by atoms with van der Waals surface area (Å²) in [5, 5.41) is 4.33. The van der Waals surface area contributed by atoms with Crippen molar-refractivity contribution in [1.29, 1.82) is 0 Å². The zero-order chi connectivity index (χ0) is 16.4. The number of halogens is 1. The Kier molecular flexibility index (Phi) is 4.72. The van der Waals surface area contributed by atoms with Crippen molar-refractivity contribution in [2.45, 2.75) is 13.5 Å². The van der Waals surface area contributed by atoms with Gasteiger partial charge in [0.2, 0.25) is 0 Å². The molecule has 6 heteroatoms. The molecule has 0 aliphatic rings. The van der Waals surface area contributed by atoms with Crippen LogP contribution in [-0.4, -0.2) is 15.6 Å². The van der Waals surface area contributed by atoms with Gasteiger partial charge in [-0.15, -0.1) is 11.3 Å². The number of hydrogen-bond donors (Lipinski definition) is 0. The molecule has 2 heterocycles. The third kappa shape index (κ3) is 3.76. The fourth-order valence-electron chi connectivity index (χ4n) is 2.13. The van der Waals surface area contributed by atoms with Crippen molar-refractivity contribution in [2.75, 3.05) is 0 Å². The highest BCUT2D eigenvalue weighted by Gasteiger charge is 2.11. The maximum absolute atomic E-state index is 12.3. The van der Waals surface area contributed by atoms with E-state index < -0.39 is 0 Å². The molecule has 0 amide bonds. The minimum atomic E-state index is -0.277. The Bertz CT molecular complexity index is 913. The average Bonchev–Trinajstić information content (AvgIpc) is 2.96. The molecular weight excluding hydrogens is 423 g/mol. The molecule has 116 valence electrons. The minimum Gasteiger partial charge on any atom is -0.292 e. The Labute approximate surface area is 150 Å². The standard InChI is InChI=1S/C17H13IN2O2S/c1-11-2-8-16(23-11)14-7-9-17(22)20(19-14)10-15(21)12-3-5-13(18)6-4-12/h2-9H,10H2,1H3. The summed E-state index contributed by atoms with van der Waals surface area (Å²) in [7, 11) is 0. The lowest BCUT2D eigenvalue weighted by molar-refractivity contribution is 0.0966. The first kappa shape index (κ1) is 16.1. The normalized spacial score (nSPS) is 10.7. The van der Waals surface area contributed by atoms with E-state index in [1.54, 1.807) is 29.5 Å². The maximum Gasteiger partial charge on any atom is 0.267 e. The molecule has 0 saturated heterocycles.